The first kappa shape index (κ1) is 11.5. The number of nitrogens with two attached hydrogens (primary N) is 1. The van der Waals surface area contributed by atoms with Gasteiger partial charge in [-0.1, -0.05) is 0 Å². The third kappa shape index (κ3) is 2.47. The number of nitrogens with zero attached hydrogens (tertiary/aromatic N) is 2. The number of hydrogen-bond acceptors (Lipinski definition) is 4. The number of aromatic nitrogens is 2. The van der Waals surface area contributed by atoms with Crippen LogP contribution < -0.4 is 5.73 Å². The molecule has 96 valence electrons. The number of hydrogen-bond donors (Lipinski definition) is 2. The number of fused-ring (bicyclic) bond motifs is 1. The van der Waals surface area contributed by atoms with Crippen LogP contribution in [0, 0.1) is 0 Å². The molecule has 0 amide bonds. The lowest BCUT2D eigenvalue weighted by Crippen LogP contribution is -2.26. The van der Waals surface area contributed by atoms with Gasteiger partial charge in [0.1, 0.15) is 5.82 Å². The monoisotopic (exact) mass is 246 g/mol. The van der Waals surface area contributed by atoms with Gasteiger partial charge in [0.15, 0.2) is 0 Å². The highest BCUT2D eigenvalue weighted by molar-refractivity contribution is 5.78. The third-order valence-corrected chi connectivity index (χ3v) is 3.24. The van der Waals surface area contributed by atoms with Gasteiger partial charge >= 0.3 is 0 Å². The Labute approximate surface area is 106 Å². The van der Waals surface area contributed by atoms with Crippen molar-refractivity contribution in [1.29, 1.82) is 0 Å². The van der Waals surface area contributed by atoms with Crippen LogP contribution in [0.25, 0.3) is 11.0 Å². The lowest BCUT2D eigenvalue weighted by Gasteiger charge is -2.16. The van der Waals surface area contributed by atoms with Crippen molar-refractivity contribution in [2.45, 2.75) is 13.0 Å². The molecule has 0 saturated carbocycles. The maximum absolute atomic E-state index is 5.76. The van der Waals surface area contributed by atoms with Crippen LogP contribution >= 0.6 is 0 Å². The molecular weight excluding hydrogens is 228 g/mol. The number of aromatic amines is 1. The molecule has 1 saturated heterocycles. The van der Waals surface area contributed by atoms with E-state index in [4.69, 9.17) is 10.5 Å². The van der Waals surface area contributed by atoms with E-state index in [0.717, 1.165) is 61.8 Å². The molecule has 2 aromatic rings. The van der Waals surface area contributed by atoms with Crippen molar-refractivity contribution in [3.8, 4) is 0 Å². The minimum absolute atomic E-state index is 0.765. The Balaban J connectivity index is 1.77. The number of rotatable bonds is 2. The van der Waals surface area contributed by atoms with Gasteiger partial charge in [-0.05, 0) is 24.6 Å². The van der Waals surface area contributed by atoms with Crippen LogP contribution in [0.1, 0.15) is 12.2 Å². The number of imidazole rings is 1. The Hall–Kier alpha value is -1.59. The predicted octanol–water partition coefficient (Wildman–Crippen LogP) is 1.37. The SMILES string of the molecule is Nc1ccc2nc(CN3CCCOCC3)[nH]c2c1. The van der Waals surface area contributed by atoms with Gasteiger partial charge in [-0.25, -0.2) is 4.98 Å². The van der Waals surface area contributed by atoms with Crippen LogP contribution in [0.3, 0.4) is 0 Å². The fraction of sp³-hybridized carbons (Fsp3) is 0.462. The molecule has 0 atom stereocenters. The maximum atomic E-state index is 5.76. The van der Waals surface area contributed by atoms with E-state index in [2.05, 4.69) is 14.9 Å². The molecule has 1 fully saturated rings. The second kappa shape index (κ2) is 4.96. The number of nitrogen functional groups attached to an aromatic ring is 1. The summed E-state index contributed by atoms with van der Waals surface area (Å²) in [5.74, 6) is 0.998. The topological polar surface area (TPSA) is 67.2 Å². The summed E-state index contributed by atoms with van der Waals surface area (Å²) in [4.78, 5) is 10.3. The Kier molecular flexibility index (Phi) is 3.17. The van der Waals surface area contributed by atoms with E-state index in [1.807, 2.05) is 18.2 Å². The van der Waals surface area contributed by atoms with Crippen LogP contribution in [-0.4, -0.2) is 41.2 Å². The highest BCUT2D eigenvalue weighted by Gasteiger charge is 2.12. The molecule has 0 unspecified atom stereocenters. The zero-order valence-corrected chi connectivity index (χ0v) is 10.4. The number of anilines is 1. The molecular formula is C13H18N4O. The molecule has 1 aliphatic rings. The molecule has 1 aromatic carbocycles. The van der Waals surface area contributed by atoms with Crippen LogP contribution in [0.4, 0.5) is 5.69 Å². The maximum Gasteiger partial charge on any atom is 0.121 e. The number of ether oxygens (including phenoxy) is 1. The van der Waals surface area contributed by atoms with E-state index >= 15 is 0 Å². The standard InChI is InChI=1S/C13H18N4O/c14-10-2-3-11-12(8-10)16-13(15-11)9-17-4-1-6-18-7-5-17/h2-3,8H,1,4-7,9,14H2,(H,15,16). The largest absolute Gasteiger partial charge is 0.399 e. The highest BCUT2D eigenvalue weighted by atomic mass is 16.5. The minimum Gasteiger partial charge on any atom is -0.399 e. The Morgan fingerprint density at radius 3 is 3.22 bits per heavy atom. The summed E-state index contributed by atoms with van der Waals surface area (Å²) >= 11 is 0. The van der Waals surface area contributed by atoms with Gasteiger partial charge in [-0.15, -0.1) is 0 Å². The van der Waals surface area contributed by atoms with Gasteiger partial charge < -0.3 is 15.5 Å². The highest BCUT2D eigenvalue weighted by Crippen LogP contribution is 2.16. The molecule has 3 N–H and O–H groups in total. The van der Waals surface area contributed by atoms with Gasteiger partial charge in [-0.3, -0.25) is 4.90 Å². The normalized spacial score (nSPS) is 18.0. The van der Waals surface area contributed by atoms with Gasteiger partial charge in [0.2, 0.25) is 0 Å². The number of nitrogens with one attached hydrogen (secondary N) is 1. The molecule has 0 radical (unpaired) electrons. The summed E-state index contributed by atoms with van der Waals surface area (Å²) in [5, 5.41) is 0. The number of H-pyrrole nitrogens is 1. The van der Waals surface area contributed by atoms with E-state index in [1.54, 1.807) is 0 Å². The first-order valence-corrected chi connectivity index (χ1v) is 6.35. The Bertz CT molecular complexity index is 529. The van der Waals surface area contributed by atoms with Gasteiger partial charge in [-0.2, -0.15) is 0 Å². The smallest absolute Gasteiger partial charge is 0.121 e. The van der Waals surface area contributed by atoms with Crippen molar-refractivity contribution in [2.75, 3.05) is 32.0 Å². The molecule has 1 aliphatic heterocycles. The average molecular weight is 246 g/mol. The van der Waals surface area contributed by atoms with Crippen molar-refractivity contribution >= 4 is 16.7 Å². The van der Waals surface area contributed by atoms with E-state index < -0.39 is 0 Å². The quantitative estimate of drug-likeness (QED) is 0.785. The van der Waals surface area contributed by atoms with Crippen molar-refractivity contribution in [2.24, 2.45) is 0 Å². The third-order valence-electron chi connectivity index (χ3n) is 3.24. The van der Waals surface area contributed by atoms with E-state index in [1.165, 1.54) is 0 Å². The molecule has 0 aliphatic carbocycles. The molecule has 0 spiro atoms. The van der Waals surface area contributed by atoms with Gasteiger partial charge in [0.05, 0.1) is 24.2 Å². The second-order valence-corrected chi connectivity index (χ2v) is 4.70. The predicted molar refractivity (Wildman–Crippen MR) is 71.2 cm³/mol. The van der Waals surface area contributed by atoms with Gasteiger partial charge in [0, 0.05) is 25.4 Å². The minimum atomic E-state index is 0.765. The van der Waals surface area contributed by atoms with Crippen LogP contribution in [0.5, 0.6) is 0 Å². The van der Waals surface area contributed by atoms with Crippen LogP contribution in [-0.2, 0) is 11.3 Å². The van der Waals surface area contributed by atoms with Crippen molar-refractivity contribution < 1.29 is 4.74 Å². The first-order valence-electron chi connectivity index (χ1n) is 6.35. The molecule has 5 nitrogen and oxygen atoms in total. The molecule has 5 heteroatoms. The van der Waals surface area contributed by atoms with Crippen molar-refractivity contribution in [1.82, 2.24) is 14.9 Å². The number of benzene rings is 1. The van der Waals surface area contributed by atoms with Crippen LogP contribution in [0.15, 0.2) is 18.2 Å². The fourth-order valence-electron chi connectivity index (χ4n) is 2.32. The Morgan fingerprint density at radius 1 is 1.33 bits per heavy atom. The first-order chi connectivity index (χ1) is 8.81. The Morgan fingerprint density at radius 2 is 2.28 bits per heavy atom. The average Bonchev–Trinajstić information content (AvgIpc) is 2.57. The lowest BCUT2D eigenvalue weighted by atomic mass is 10.3. The fourth-order valence-corrected chi connectivity index (χ4v) is 2.32. The summed E-state index contributed by atoms with van der Waals surface area (Å²) in [6, 6.07) is 5.76. The van der Waals surface area contributed by atoms with Crippen molar-refractivity contribution in [3.05, 3.63) is 24.0 Å². The summed E-state index contributed by atoms with van der Waals surface area (Å²) in [5.41, 5.74) is 8.52. The molecule has 3 rings (SSSR count). The summed E-state index contributed by atoms with van der Waals surface area (Å²) in [6.07, 6.45) is 1.09. The van der Waals surface area contributed by atoms with E-state index in [-0.39, 0.29) is 0 Å². The van der Waals surface area contributed by atoms with Gasteiger partial charge in [0.25, 0.3) is 0 Å². The zero-order chi connectivity index (χ0) is 12.4. The zero-order valence-electron chi connectivity index (χ0n) is 10.4. The molecule has 18 heavy (non-hydrogen) atoms. The molecule has 1 aromatic heterocycles. The summed E-state index contributed by atoms with van der Waals surface area (Å²) in [7, 11) is 0. The van der Waals surface area contributed by atoms with E-state index in [9.17, 15) is 0 Å². The lowest BCUT2D eigenvalue weighted by molar-refractivity contribution is 0.140. The second-order valence-electron chi connectivity index (χ2n) is 4.70. The van der Waals surface area contributed by atoms with E-state index in [0.29, 0.717) is 0 Å². The summed E-state index contributed by atoms with van der Waals surface area (Å²) < 4.78 is 5.45. The summed E-state index contributed by atoms with van der Waals surface area (Å²) in [6.45, 7) is 4.57. The van der Waals surface area contributed by atoms with Crippen molar-refractivity contribution in [3.63, 3.8) is 0 Å². The van der Waals surface area contributed by atoms with Crippen LogP contribution in [0.2, 0.25) is 0 Å². The molecule has 0 bridgehead atoms. The molecule has 2 heterocycles.